The molecule has 0 saturated carbocycles. The number of nitrogens with zero attached hydrogens (tertiary/aromatic N) is 1. The normalized spacial score (nSPS) is 20.3. The highest BCUT2D eigenvalue weighted by molar-refractivity contribution is 7.91. The van der Waals surface area contributed by atoms with Gasteiger partial charge in [0.2, 0.25) is 5.91 Å². The predicted octanol–water partition coefficient (Wildman–Crippen LogP) is 0.651. The highest BCUT2D eigenvalue weighted by atomic mass is 32.2. The van der Waals surface area contributed by atoms with Gasteiger partial charge in [-0.3, -0.25) is 4.79 Å². The number of hydrogen-bond donors (Lipinski definition) is 1. The van der Waals surface area contributed by atoms with Crippen LogP contribution in [0.5, 0.6) is 0 Å². The summed E-state index contributed by atoms with van der Waals surface area (Å²) in [5.41, 5.74) is 2.27. The maximum Gasteiger partial charge on any atom is 0.334 e. The van der Waals surface area contributed by atoms with Crippen molar-refractivity contribution < 1.29 is 27.9 Å². The summed E-state index contributed by atoms with van der Waals surface area (Å²) < 4.78 is 30.1. The van der Waals surface area contributed by atoms with Crippen LogP contribution in [0, 0.1) is 0 Å². The molecule has 8 heteroatoms. The van der Waals surface area contributed by atoms with Crippen LogP contribution in [0.25, 0.3) is 0 Å². The van der Waals surface area contributed by atoms with Crippen LogP contribution in [-0.4, -0.2) is 61.9 Å². The van der Waals surface area contributed by atoms with Crippen LogP contribution < -0.4 is 0 Å². The number of aliphatic carboxylic acids is 1. The molecule has 136 valence electrons. The van der Waals surface area contributed by atoms with E-state index in [1.54, 1.807) is 12.1 Å². The largest absolute Gasteiger partial charge is 0.479 e. The molecule has 1 amide bonds. The van der Waals surface area contributed by atoms with E-state index in [9.17, 15) is 18.0 Å². The van der Waals surface area contributed by atoms with Gasteiger partial charge in [-0.05, 0) is 42.5 Å². The van der Waals surface area contributed by atoms with E-state index in [1.807, 2.05) is 6.07 Å². The van der Waals surface area contributed by atoms with E-state index >= 15 is 0 Å². The fourth-order valence-corrected chi connectivity index (χ4v) is 4.54. The van der Waals surface area contributed by atoms with Gasteiger partial charge in [0.1, 0.15) is 0 Å². The molecule has 1 unspecified atom stereocenters. The number of rotatable bonds is 5. The number of carboxylic acid groups (broad SMARTS) is 1. The highest BCUT2D eigenvalue weighted by Gasteiger charge is 2.29. The first-order valence-corrected chi connectivity index (χ1v) is 9.99. The first-order valence-electron chi connectivity index (χ1n) is 8.33. The van der Waals surface area contributed by atoms with Crippen molar-refractivity contribution in [1.82, 2.24) is 4.90 Å². The van der Waals surface area contributed by atoms with Crippen molar-refractivity contribution in [3.63, 3.8) is 0 Å². The SMILES string of the molecule is O=C(O)C1CN(C(=O)CCS(=O)(=O)c2ccc3c(c2)CCC3)CCO1. The van der Waals surface area contributed by atoms with Crippen molar-refractivity contribution in [3.8, 4) is 0 Å². The zero-order chi connectivity index (χ0) is 18.0. The molecule has 1 N–H and O–H groups in total. The summed E-state index contributed by atoms with van der Waals surface area (Å²) in [6.07, 6.45) is 1.70. The summed E-state index contributed by atoms with van der Waals surface area (Å²) in [6.45, 7) is 0.370. The second-order valence-corrected chi connectivity index (χ2v) is 8.50. The first kappa shape index (κ1) is 17.9. The molecule has 3 rings (SSSR count). The van der Waals surface area contributed by atoms with Gasteiger partial charge in [0.25, 0.3) is 0 Å². The number of carbonyl (C=O) groups is 2. The number of benzene rings is 1. The minimum Gasteiger partial charge on any atom is -0.479 e. The molecule has 1 saturated heterocycles. The van der Waals surface area contributed by atoms with Crippen LogP contribution in [0.15, 0.2) is 23.1 Å². The van der Waals surface area contributed by atoms with Crippen molar-refractivity contribution >= 4 is 21.7 Å². The summed E-state index contributed by atoms with van der Waals surface area (Å²) >= 11 is 0. The molecule has 1 fully saturated rings. The lowest BCUT2D eigenvalue weighted by molar-refractivity contribution is -0.159. The quantitative estimate of drug-likeness (QED) is 0.820. The van der Waals surface area contributed by atoms with E-state index < -0.39 is 21.9 Å². The number of carboxylic acids is 1. The lowest BCUT2D eigenvalue weighted by atomic mass is 10.1. The van der Waals surface area contributed by atoms with Crippen LogP contribution >= 0.6 is 0 Å². The van der Waals surface area contributed by atoms with E-state index in [0.29, 0.717) is 0 Å². The Kier molecular flexibility index (Phi) is 5.10. The zero-order valence-corrected chi connectivity index (χ0v) is 14.6. The Labute approximate surface area is 146 Å². The topological polar surface area (TPSA) is 101 Å². The number of sulfone groups is 1. The monoisotopic (exact) mass is 367 g/mol. The van der Waals surface area contributed by atoms with Crippen molar-refractivity contribution in [2.75, 3.05) is 25.4 Å². The molecule has 1 aliphatic heterocycles. The minimum absolute atomic E-state index is 0.0486. The second-order valence-electron chi connectivity index (χ2n) is 6.39. The Morgan fingerprint density at radius 3 is 2.76 bits per heavy atom. The van der Waals surface area contributed by atoms with Gasteiger partial charge in [0.15, 0.2) is 15.9 Å². The van der Waals surface area contributed by atoms with Crippen molar-refractivity contribution in [3.05, 3.63) is 29.3 Å². The summed E-state index contributed by atoms with van der Waals surface area (Å²) in [4.78, 5) is 24.8. The van der Waals surface area contributed by atoms with Crippen molar-refractivity contribution in [1.29, 1.82) is 0 Å². The first-order chi connectivity index (χ1) is 11.9. The number of morpholine rings is 1. The van der Waals surface area contributed by atoms with Gasteiger partial charge in [0.05, 0.1) is 23.8 Å². The third-order valence-electron chi connectivity index (χ3n) is 4.71. The number of amides is 1. The van der Waals surface area contributed by atoms with E-state index in [1.165, 1.54) is 10.5 Å². The van der Waals surface area contributed by atoms with Gasteiger partial charge < -0.3 is 14.7 Å². The second kappa shape index (κ2) is 7.13. The molecular formula is C17H21NO6S. The molecule has 0 bridgehead atoms. The van der Waals surface area contributed by atoms with Crippen molar-refractivity contribution in [2.24, 2.45) is 0 Å². The van der Waals surface area contributed by atoms with Crippen LogP contribution in [0.4, 0.5) is 0 Å². The predicted molar refractivity (Wildman–Crippen MR) is 89.1 cm³/mol. The lowest BCUT2D eigenvalue weighted by Crippen LogP contribution is -2.48. The molecule has 1 aliphatic carbocycles. The van der Waals surface area contributed by atoms with Gasteiger partial charge in [0, 0.05) is 13.0 Å². The molecule has 25 heavy (non-hydrogen) atoms. The molecule has 1 heterocycles. The number of aryl methyl sites for hydroxylation is 2. The van der Waals surface area contributed by atoms with Crippen LogP contribution in [0.3, 0.4) is 0 Å². The Balaban J connectivity index is 1.62. The molecule has 1 atom stereocenters. The van der Waals surface area contributed by atoms with E-state index in [4.69, 9.17) is 9.84 Å². The molecular weight excluding hydrogens is 346 g/mol. The highest BCUT2D eigenvalue weighted by Crippen LogP contribution is 2.25. The van der Waals surface area contributed by atoms with Crippen LogP contribution in [0.2, 0.25) is 0 Å². The third kappa shape index (κ3) is 4.01. The van der Waals surface area contributed by atoms with Gasteiger partial charge in [-0.15, -0.1) is 0 Å². The number of hydrogen-bond acceptors (Lipinski definition) is 5. The molecule has 0 spiro atoms. The number of ether oxygens (including phenoxy) is 1. The molecule has 0 aromatic heterocycles. The molecule has 2 aliphatic rings. The Bertz CT molecular complexity index is 788. The maximum atomic E-state index is 12.5. The fourth-order valence-electron chi connectivity index (χ4n) is 3.26. The smallest absolute Gasteiger partial charge is 0.334 e. The van der Waals surface area contributed by atoms with Crippen LogP contribution in [0.1, 0.15) is 24.0 Å². The average Bonchev–Trinajstić information content (AvgIpc) is 3.07. The maximum absolute atomic E-state index is 12.5. The van der Waals surface area contributed by atoms with E-state index in [2.05, 4.69) is 0 Å². The lowest BCUT2D eigenvalue weighted by Gasteiger charge is -2.30. The van der Waals surface area contributed by atoms with E-state index in [0.717, 1.165) is 24.8 Å². The van der Waals surface area contributed by atoms with Gasteiger partial charge in [-0.25, -0.2) is 13.2 Å². The zero-order valence-electron chi connectivity index (χ0n) is 13.8. The average molecular weight is 367 g/mol. The Hall–Kier alpha value is -1.93. The molecule has 1 aromatic carbocycles. The van der Waals surface area contributed by atoms with Gasteiger partial charge in [-0.1, -0.05) is 6.07 Å². The van der Waals surface area contributed by atoms with E-state index in [-0.39, 0.29) is 42.7 Å². The number of fused-ring (bicyclic) bond motifs is 1. The molecule has 0 radical (unpaired) electrons. The minimum atomic E-state index is -3.54. The number of carbonyl (C=O) groups excluding carboxylic acids is 1. The summed E-state index contributed by atoms with van der Waals surface area (Å²) in [6, 6.07) is 5.19. The molecule has 1 aromatic rings. The summed E-state index contributed by atoms with van der Waals surface area (Å²) in [7, 11) is -3.54. The summed E-state index contributed by atoms with van der Waals surface area (Å²) in [5, 5.41) is 8.96. The molecule has 7 nitrogen and oxygen atoms in total. The third-order valence-corrected chi connectivity index (χ3v) is 6.42. The Morgan fingerprint density at radius 2 is 2.00 bits per heavy atom. The van der Waals surface area contributed by atoms with Gasteiger partial charge in [-0.2, -0.15) is 0 Å². The fraction of sp³-hybridized carbons (Fsp3) is 0.529. The van der Waals surface area contributed by atoms with Crippen LogP contribution in [-0.2, 0) is 37.0 Å². The Morgan fingerprint density at radius 1 is 1.24 bits per heavy atom. The van der Waals surface area contributed by atoms with Gasteiger partial charge >= 0.3 is 5.97 Å². The van der Waals surface area contributed by atoms with Crippen molar-refractivity contribution in [2.45, 2.75) is 36.7 Å². The summed E-state index contributed by atoms with van der Waals surface area (Å²) in [5.74, 6) is -1.76. The standard InChI is InChI=1S/C17H21NO6S/c19-16(18-7-8-24-15(11-18)17(20)21)6-9-25(22,23)14-5-4-12-2-1-3-13(12)10-14/h4-5,10,15H,1-3,6-9,11H2,(H,20,21).